The van der Waals surface area contributed by atoms with Gasteiger partial charge in [0.05, 0.1) is 6.07 Å². The van der Waals surface area contributed by atoms with E-state index in [1.165, 1.54) is 16.7 Å². The number of hydrogen-bond donors (Lipinski definition) is 1. The Labute approximate surface area is 157 Å². The molecular weight excluding hydrogens is 401 g/mol. The fraction of sp³-hybridized carbons (Fsp3) is 0.692. The third-order valence-corrected chi connectivity index (χ3v) is 5.50. The van der Waals surface area contributed by atoms with E-state index in [1.807, 2.05) is 0 Å². The number of carbonyl (C=O) groups excluding carboxylic acids is 3. The first-order valence-electron chi connectivity index (χ1n) is 6.87. The molecule has 3 atom stereocenters. The molecule has 0 radical (unpaired) electrons. The van der Waals surface area contributed by atoms with Crippen LogP contribution in [0.2, 0.25) is 0 Å². The van der Waals surface area contributed by atoms with Crippen molar-refractivity contribution in [1.29, 1.82) is 5.26 Å². The van der Waals surface area contributed by atoms with Gasteiger partial charge >= 0.3 is 5.97 Å². The molecule has 0 saturated carbocycles. The number of alkyl halides is 3. The van der Waals surface area contributed by atoms with E-state index < -0.39 is 50.4 Å². The molecule has 2 heterocycles. The van der Waals surface area contributed by atoms with E-state index in [2.05, 4.69) is 5.32 Å². The highest BCUT2D eigenvalue weighted by atomic mass is 35.6. The summed E-state index contributed by atoms with van der Waals surface area (Å²) in [5.74, 6) is -1.60. The molecule has 2 aliphatic heterocycles. The van der Waals surface area contributed by atoms with Crippen molar-refractivity contribution in [1.82, 2.24) is 10.2 Å². The van der Waals surface area contributed by atoms with Crippen molar-refractivity contribution < 1.29 is 19.1 Å². The van der Waals surface area contributed by atoms with Crippen LogP contribution in [0.5, 0.6) is 0 Å². The Bertz CT molecular complexity index is 617. The Morgan fingerprint density at radius 2 is 2.08 bits per heavy atom. The monoisotopic (exact) mass is 413 g/mol. The molecule has 0 spiro atoms. The number of carbonyl (C=O) groups is 3. The number of ether oxygens (including phenoxy) is 1. The number of fused-ring (bicyclic) bond motifs is 1. The zero-order valence-electron chi connectivity index (χ0n) is 12.7. The zero-order valence-corrected chi connectivity index (χ0v) is 15.8. The normalized spacial score (nSPS) is 27.8. The number of amides is 2. The minimum atomic E-state index is -1.74. The lowest BCUT2D eigenvalue weighted by atomic mass is 9.96. The smallest absolute Gasteiger partial charge is 0.330 e. The topological polar surface area (TPSA) is 99.5 Å². The van der Waals surface area contributed by atoms with Crippen molar-refractivity contribution in [3.63, 3.8) is 0 Å². The first kappa shape index (κ1) is 19.4. The number of nitriles is 1. The van der Waals surface area contributed by atoms with Crippen molar-refractivity contribution in [2.24, 2.45) is 0 Å². The predicted octanol–water partition coefficient (Wildman–Crippen LogP) is 1.36. The molecule has 1 N–H and O–H groups in total. The molecule has 132 valence electrons. The van der Waals surface area contributed by atoms with Crippen LogP contribution >= 0.6 is 46.6 Å². The fourth-order valence-corrected chi connectivity index (χ4v) is 4.44. The minimum absolute atomic E-state index is 0.334. The van der Waals surface area contributed by atoms with Crippen LogP contribution in [0.25, 0.3) is 0 Å². The van der Waals surface area contributed by atoms with Gasteiger partial charge in [0.1, 0.15) is 30.5 Å². The molecule has 2 unspecified atom stereocenters. The van der Waals surface area contributed by atoms with Crippen molar-refractivity contribution in [3.05, 3.63) is 0 Å². The lowest BCUT2D eigenvalue weighted by Crippen LogP contribution is -2.70. The van der Waals surface area contributed by atoms with Crippen LogP contribution in [0.4, 0.5) is 0 Å². The summed E-state index contributed by atoms with van der Waals surface area (Å²) in [6.45, 7) is 3.15. The first-order chi connectivity index (χ1) is 11.0. The van der Waals surface area contributed by atoms with Crippen LogP contribution in [0.1, 0.15) is 20.3 Å². The van der Waals surface area contributed by atoms with Gasteiger partial charge in [-0.25, -0.2) is 4.79 Å². The number of nitrogens with one attached hydrogen (secondary N) is 1. The van der Waals surface area contributed by atoms with Gasteiger partial charge in [0.25, 0.3) is 0 Å². The van der Waals surface area contributed by atoms with E-state index in [-0.39, 0.29) is 6.42 Å². The van der Waals surface area contributed by atoms with Crippen molar-refractivity contribution >= 4 is 64.3 Å². The lowest BCUT2D eigenvalue weighted by Gasteiger charge is -2.43. The summed E-state index contributed by atoms with van der Waals surface area (Å²) in [5.41, 5.74) is 0. The van der Waals surface area contributed by atoms with Crippen molar-refractivity contribution in [3.8, 4) is 6.07 Å². The van der Waals surface area contributed by atoms with Gasteiger partial charge in [0, 0.05) is 4.75 Å². The molecule has 2 rings (SSSR count). The molecule has 0 aliphatic carbocycles. The van der Waals surface area contributed by atoms with Crippen LogP contribution in [0, 0.1) is 11.3 Å². The Hall–Kier alpha value is -0.880. The second-order valence-corrected chi connectivity index (χ2v) is 10.1. The average Bonchev–Trinajstić information content (AvgIpc) is 2.70. The third kappa shape index (κ3) is 3.85. The van der Waals surface area contributed by atoms with Gasteiger partial charge in [-0.3, -0.25) is 9.59 Å². The van der Waals surface area contributed by atoms with E-state index in [4.69, 9.17) is 44.8 Å². The summed E-state index contributed by atoms with van der Waals surface area (Å²) in [5, 5.41) is 10.6. The van der Waals surface area contributed by atoms with Crippen LogP contribution in [0.3, 0.4) is 0 Å². The highest BCUT2D eigenvalue weighted by molar-refractivity contribution is 8.01. The number of nitrogens with zero attached hydrogens (tertiary/aromatic N) is 2. The van der Waals surface area contributed by atoms with Crippen LogP contribution in [-0.4, -0.2) is 55.3 Å². The Morgan fingerprint density at radius 1 is 1.46 bits per heavy atom. The van der Waals surface area contributed by atoms with E-state index in [9.17, 15) is 14.4 Å². The van der Waals surface area contributed by atoms with Crippen LogP contribution in [-0.2, 0) is 19.1 Å². The zero-order chi connectivity index (χ0) is 18.3. The molecule has 0 aromatic rings. The quantitative estimate of drug-likeness (QED) is 0.423. The fourth-order valence-electron chi connectivity index (χ4n) is 2.65. The molecule has 2 saturated heterocycles. The van der Waals surface area contributed by atoms with Crippen LogP contribution in [0.15, 0.2) is 0 Å². The molecule has 0 aromatic heterocycles. The number of esters is 1. The van der Waals surface area contributed by atoms with E-state index in [1.54, 1.807) is 19.9 Å². The number of β-lactam (4-membered cyclic amide) rings is 1. The number of hydrogen-bond acceptors (Lipinski definition) is 6. The van der Waals surface area contributed by atoms with Gasteiger partial charge in [-0.1, -0.05) is 34.8 Å². The molecule has 11 heteroatoms. The molecule has 7 nitrogen and oxygen atoms in total. The van der Waals surface area contributed by atoms with Crippen molar-refractivity contribution in [2.75, 3.05) is 6.61 Å². The summed E-state index contributed by atoms with van der Waals surface area (Å²) >= 11 is 18.1. The average molecular weight is 415 g/mol. The lowest BCUT2D eigenvalue weighted by molar-refractivity contribution is -0.164. The predicted molar refractivity (Wildman–Crippen MR) is 89.5 cm³/mol. The summed E-state index contributed by atoms with van der Waals surface area (Å²) in [6.07, 6.45) is -0.334. The highest BCUT2D eigenvalue weighted by Gasteiger charge is 2.64. The van der Waals surface area contributed by atoms with Gasteiger partial charge in [0.15, 0.2) is 0 Å². The first-order valence-corrected chi connectivity index (χ1v) is 8.89. The largest absolute Gasteiger partial charge is 0.460 e. The third-order valence-electron chi connectivity index (χ3n) is 3.60. The molecule has 2 fully saturated rings. The second kappa shape index (κ2) is 6.79. The van der Waals surface area contributed by atoms with E-state index >= 15 is 0 Å². The summed E-state index contributed by atoms with van der Waals surface area (Å²) in [6, 6.07) is 0.101. The van der Waals surface area contributed by atoms with E-state index in [0.29, 0.717) is 0 Å². The minimum Gasteiger partial charge on any atom is -0.460 e. The molecule has 0 bridgehead atoms. The Balaban J connectivity index is 2.08. The van der Waals surface area contributed by atoms with Crippen molar-refractivity contribution in [2.45, 2.75) is 46.3 Å². The summed E-state index contributed by atoms with van der Waals surface area (Å²) < 4.78 is 2.63. The second-order valence-electron chi connectivity index (χ2n) is 5.86. The van der Waals surface area contributed by atoms with Gasteiger partial charge in [0.2, 0.25) is 15.6 Å². The van der Waals surface area contributed by atoms with E-state index in [0.717, 1.165) is 0 Å². The van der Waals surface area contributed by atoms with Gasteiger partial charge in [-0.2, -0.15) is 5.26 Å². The standard InChI is InChI=1S/C13H14Cl3N3O4S/c1-12(2)8(11(22)23-5-13(14,15)16)19-9(21)7(10(19)24-12)18-6(20)3-4-17/h7-8,10H,3,5H2,1-2H3,(H,18,20)/t7?,8?,10-/m1/s1. The number of halogens is 3. The van der Waals surface area contributed by atoms with Gasteiger partial charge in [-0.15, -0.1) is 11.8 Å². The molecule has 2 amide bonds. The van der Waals surface area contributed by atoms with Gasteiger partial charge in [-0.05, 0) is 13.8 Å². The number of thioether (sulfide) groups is 1. The van der Waals surface area contributed by atoms with Crippen LogP contribution < -0.4 is 5.32 Å². The molecule has 0 aromatic carbocycles. The molecule has 24 heavy (non-hydrogen) atoms. The molecule has 2 aliphatic rings. The maximum absolute atomic E-state index is 12.3. The highest BCUT2D eigenvalue weighted by Crippen LogP contribution is 2.51. The number of rotatable bonds is 4. The Morgan fingerprint density at radius 3 is 2.62 bits per heavy atom. The summed E-state index contributed by atoms with van der Waals surface area (Å²) in [7, 11) is 0. The Kier molecular flexibility index (Phi) is 5.50. The molecular formula is C13H14Cl3N3O4S. The maximum Gasteiger partial charge on any atom is 0.330 e. The maximum atomic E-state index is 12.3. The SMILES string of the molecule is CC1(C)S[C@@H]2C(NC(=O)CC#N)C(=O)N2C1C(=O)OCC(Cl)(Cl)Cl. The summed E-state index contributed by atoms with van der Waals surface area (Å²) in [4.78, 5) is 37.5. The van der Waals surface area contributed by atoms with Gasteiger partial charge < -0.3 is 15.0 Å².